The molecule has 1 aromatic heterocycles. The highest BCUT2D eigenvalue weighted by atomic mass is 35.5. The number of imide groups is 1. The van der Waals surface area contributed by atoms with Gasteiger partial charge in [0.2, 0.25) is 5.91 Å². The lowest BCUT2D eigenvalue weighted by atomic mass is 10.1. The lowest BCUT2D eigenvalue weighted by Gasteiger charge is -2.16. The fourth-order valence-corrected chi connectivity index (χ4v) is 2.72. The maximum absolute atomic E-state index is 12.2. The number of aromatic amines is 1. The van der Waals surface area contributed by atoms with E-state index in [1.807, 2.05) is 0 Å². The van der Waals surface area contributed by atoms with Crippen molar-refractivity contribution in [3.8, 4) is 0 Å². The van der Waals surface area contributed by atoms with Gasteiger partial charge < -0.3 is 15.2 Å². The van der Waals surface area contributed by atoms with Gasteiger partial charge in [-0.3, -0.25) is 14.9 Å². The lowest BCUT2D eigenvalue weighted by molar-refractivity contribution is -0.130. The number of fused-ring (bicyclic) bond motifs is 1. The van der Waals surface area contributed by atoms with Crippen LogP contribution < -0.4 is 10.6 Å². The van der Waals surface area contributed by atoms with Crippen LogP contribution in [0.25, 0.3) is 11.0 Å². The van der Waals surface area contributed by atoms with Gasteiger partial charge in [-0.05, 0) is 24.6 Å². The van der Waals surface area contributed by atoms with Crippen molar-refractivity contribution in [2.75, 3.05) is 7.05 Å². The SMILES string of the molecule is CN(Cc1nc2ccc(Cl)cc2[nH]1)C(=O)CCC1NC(=O)NC1=O. The van der Waals surface area contributed by atoms with Crippen molar-refractivity contribution in [1.82, 2.24) is 25.5 Å². The molecule has 2 heterocycles. The molecule has 1 fully saturated rings. The third kappa shape index (κ3) is 3.48. The summed E-state index contributed by atoms with van der Waals surface area (Å²) in [6, 6.07) is 4.16. The second kappa shape index (κ2) is 6.48. The average Bonchev–Trinajstić information content (AvgIpc) is 3.06. The smallest absolute Gasteiger partial charge is 0.322 e. The van der Waals surface area contributed by atoms with Crippen molar-refractivity contribution < 1.29 is 14.4 Å². The molecule has 24 heavy (non-hydrogen) atoms. The first-order valence-corrected chi connectivity index (χ1v) is 7.79. The second-order valence-electron chi connectivity index (χ2n) is 5.65. The Morgan fingerprint density at radius 3 is 2.88 bits per heavy atom. The van der Waals surface area contributed by atoms with Crippen molar-refractivity contribution in [2.24, 2.45) is 0 Å². The van der Waals surface area contributed by atoms with Crippen LogP contribution in [0.1, 0.15) is 18.7 Å². The maximum Gasteiger partial charge on any atom is 0.322 e. The van der Waals surface area contributed by atoms with Gasteiger partial charge >= 0.3 is 6.03 Å². The van der Waals surface area contributed by atoms with Gasteiger partial charge in [-0.15, -0.1) is 0 Å². The van der Waals surface area contributed by atoms with Crippen LogP contribution >= 0.6 is 11.6 Å². The standard InChI is InChI=1S/C15H16ClN5O3/c1-21(13(22)5-4-10-14(23)20-15(24)19-10)7-12-17-9-3-2-8(16)6-11(9)18-12/h2-3,6,10H,4-5,7H2,1H3,(H,17,18)(H2,19,20,23,24). The molecule has 9 heteroatoms. The van der Waals surface area contributed by atoms with E-state index in [1.54, 1.807) is 25.2 Å². The number of carbonyl (C=O) groups is 3. The average molecular weight is 350 g/mol. The summed E-state index contributed by atoms with van der Waals surface area (Å²) in [5, 5.41) is 5.22. The molecule has 0 radical (unpaired) electrons. The Kier molecular flexibility index (Phi) is 4.39. The van der Waals surface area contributed by atoms with Crippen LogP contribution in [0, 0.1) is 0 Å². The van der Waals surface area contributed by atoms with E-state index in [1.165, 1.54) is 4.90 Å². The number of nitrogens with zero attached hydrogens (tertiary/aromatic N) is 2. The van der Waals surface area contributed by atoms with Crippen LogP contribution in [0.3, 0.4) is 0 Å². The maximum atomic E-state index is 12.2. The highest BCUT2D eigenvalue weighted by Crippen LogP contribution is 2.18. The zero-order valence-electron chi connectivity index (χ0n) is 12.9. The first-order chi connectivity index (χ1) is 11.4. The zero-order valence-corrected chi connectivity index (χ0v) is 13.7. The first-order valence-electron chi connectivity index (χ1n) is 7.42. The number of carbonyl (C=O) groups excluding carboxylic acids is 3. The Labute approximate surface area is 142 Å². The third-order valence-electron chi connectivity index (χ3n) is 3.81. The Hall–Kier alpha value is -2.61. The van der Waals surface area contributed by atoms with Crippen LogP contribution in [0.15, 0.2) is 18.2 Å². The summed E-state index contributed by atoms with van der Waals surface area (Å²) in [6.07, 6.45) is 0.414. The fraction of sp³-hybridized carbons (Fsp3) is 0.333. The molecule has 3 N–H and O–H groups in total. The van der Waals surface area contributed by atoms with Crippen molar-refractivity contribution in [2.45, 2.75) is 25.4 Å². The Bertz CT molecular complexity index is 819. The molecule has 1 aliphatic heterocycles. The number of hydrogen-bond donors (Lipinski definition) is 3. The zero-order chi connectivity index (χ0) is 17.3. The van der Waals surface area contributed by atoms with E-state index in [0.29, 0.717) is 17.4 Å². The van der Waals surface area contributed by atoms with E-state index in [4.69, 9.17) is 11.6 Å². The molecule has 0 saturated carbocycles. The van der Waals surface area contributed by atoms with E-state index in [0.717, 1.165) is 11.0 Å². The number of hydrogen-bond acceptors (Lipinski definition) is 4. The monoisotopic (exact) mass is 349 g/mol. The molecule has 0 aliphatic carbocycles. The molecule has 1 unspecified atom stereocenters. The summed E-state index contributed by atoms with van der Waals surface area (Å²) >= 11 is 5.93. The van der Waals surface area contributed by atoms with Crippen LogP contribution in [-0.2, 0) is 16.1 Å². The van der Waals surface area contributed by atoms with Crippen molar-refractivity contribution >= 4 is 40.5 Å². The molecule has 1 aromatic carbocycles. The minimum absolute atomic E-state index is 0.137. The minimum Gasteiger partial charge on any atom is -0.340 e. The highest BCUT2D eigenvalue weighted by Gasteiger charge is 2.29. The molecule has 4 amide bonds. The number of imidazole rings is 1. The second-order valence-corrected chi connectivity index (χ2v) is 6.09. The number of rotatable bonds is 5. The minimum atomic E-state index is -0.650. The van der Waals surface area contributed by atoms with E-state index in [9.17, 15) is 14.4 Å². The fourth-order valence-electron chi connectivity index (χ4n) is 2.54. The van der Waals surface area contributed by atoms with Crippen molar-refractivity contribution in [3.05, 3.63) is 29.0 Å². The number of H-pyrrole nitrogens is 1. The van der Waals surface area contributed by atoms with Gasteiger partial charge in [-0.1, -0.05) is 11.6 Å². The summed E-state index contributed by atoms with van der Waals surface area (Å²) in [6.45, 7) is 0.314. The van der Waals surface area contributed by atoms with Gasteiger partial charge in [0, 0.05) is 18.5 Å². The predicted octanol–water partition coefficient (Wildman–Crippen LogP) is 1.16. The van der Waals surface area contributed by atoms with Crippen molar-refractivity contribution in [3.63, 3.8) is 0 Å². The summed E-state index contributed by atoms with van der Waals surface area (Å²) < 4.78 is 0. The largest absolute Gasteiger partial charge is 0.340 e. The molecule has 1 aliphatic rings. The van der Waals surface area contributed by atoms with E-state index in [-0.39, 0.29) is 18.7 Å². The van der Waals surface area contributed by atoms with Crippen LogP contribution in [0.5, 0.6) is 0 Å². The Balaban J connectivity index is 1.57. The molecule has 0 spiro atoms. The normalized spacial score (nSPS) is 17.0. The Morgan fingerprint density at radius 1 is 1.38 bits per heavy atom. The molecule has 2 aromatic rings. The highest BCUT2D eigenvalue weighted by molar-refractivity contribution is 6.31. The van der Waals surface area contributed by atoms with E-state index in [2.05, 4.69) is 20.6 Å². The Morgan fingerprint density at radius 2 is 2.17 bits per heavy atom. The molecule has 8 nitrogen and oxygen atoms in total. The van der Waals surface area contributed by atoms with Gasteiger partial charge in [-0.25, -0.2) is 9.78 Å². The number of nitrogens with one attached hydrogen (secondary N) is 3. The number of urea groups is 1. The molecular formula is C15H16ClN5O3. The van der Waals surface area contributed by atoms with E-state index >= 15 is 0 Å². The van der Waals surface area contributed by atoms with Gasteiger partial charge in [0.05, 0.1) is 17.6 Å². The summed E-state index contributed by atoms with van der Waals surface area (Å²) in [4.78, 5) is 43.7. The first kappa shape index (κ1) is 16.3. The number of amides is 4. The quantitative estimate of drug-likeness (QED) is 0.704. The van der Waals surface area contributed by atoms with Crippen LogP contribution in [0.2, 0.25) is 5.02 Å². The summed E-state index contributed by atoms with van der Waals surface area (Å²) in [5.41, 5.74) is 1.59. The molecule has 0 bridgehead atoms. The number of halogens is 1. The van der Waals surface area contributed by atoms with Crippen LogP contribution in [-0.4, -0.2) is 45.8 Å². The molecule has 3 rings (SSSR count). The molecule has 1 saturated heterocycles. The molecule has 1 atom stereocenters. The van der Waals surface area contributed by atoms with Crippen molar-refractivity contribution in [1.29, 1.82) is 0 Å². The topological polar surface area (TPSA) is 107 Å². The van der Waals surface area contributed by atoms with Gasteiger partial charge in [0.25, 0.3) is 5.91 Å². The van der Waals surface area contributed by atoms with E-state index < -0.39 is 18.0 Å². The number of benzene rings is 1. The molecular weight excluding hydrogens is 334 g/mol. The van der Waals surface area contributed by atoms with Crippen LogP contribution in [0.4, 0.5) is 4.79 Å². The predicted molar refractivity (Wildman–Crippen MR) is 87.3 cm³/mol. The summed E-state index contributed by atoms with van der Waals surface area (Å²) in [5.74, 6) is 0.113. The van der Waals surface area contributed by atoms with Gasteiger partial charge in [0.15, 0.2) is 0 Å². The van der Waals surface area contributed by atoms with Gasteiger partial charge in [-0.2, -0.15) is 0 Å². The lowest BCUT2D eigenvalue weighted by Crippen LogP contribution is -2.32. The third-order valence-corrected chi connectivity index (χ3v) is 4.05. The number of aromatic nitrogens is 2. The molecule has 126 valence electrons. The van der Waals surface area contributed by atoms with Gasteiger partial charge in [0.1, 0.15) is 11.9 Å². The summed E-state index contributed by atoms with van der Waals surface area (Å²) in [7, 11) is 1.66.